The van der Waals surface area contributed by atoms with E-state index >= 15 is 0 Å². The molecule has 0 radical (unpaired) electrons. The summed E-state index contributed by atoms with van der Waals surface area (Å²) in [5.74, 6) is 1.74. The SMILES string of the molecule is c1ccc(N(c2ccc3cc(-c4cc5ccccc5o4)ccc3c2)c2ccc3c(ccc4c5c(ccc6c7ccc8cc(N(c9ccccc9)c9ccc%10cc(-c%11cc%12ccccc%12o%11)ccc%10c9)ccc8c7n(-c7ccccc7)c65)n(-c5ccccc5)c34)c2)cc1. The number of benzene rings is 15. The molecule has 0 atom stereocenters. The van der Waals surface area contributed by atoms with Gasteiger partial charge in [0.15, 0.2) is 0 Å². The number of fused-ring (bicyclic) bond motifs is 15. The Morgan fingerprint density at radius 3 is 1.11 bits per heavy atom. The number of furan rings is 2. The molecule has 0 bridgehead atoms. The van der Waals surface area contributed by atoms with Gasteiger partial charge in [-0.3, -0.25) is 0 Å². The topological polar surface area (TPSA) is 42.6 Å². The molecule has 0 unspecified atom stereocenters. The smallest absolute Gasteiger partial charge is 0.135 e. The Morgan fingerprint density at radius 1 is 0.228 bits per heavy atom. The molecule has 0 N–H and O–H groups in total. The highest BCUT2D eigenvalue weighted by molar-refractivity contribution is 6.31. The van der Waals surface area contributed by atoms with E-state index < -0.39 is 0 Å². The molecule has 4 heterocycles. The van der Waals surface area contributed by atoms with Gasteiger partial charge in [0.2, 0.25) is 0 Å². The van der Waals surface area contributed by atoms with Gasteiger partial charge in [-0.15, -0.1) is 0 Å². The van der Waals surface area contributed by atoms with Crippen LogP contribution in [0.5, 0.6) is 0 Å². The molecule has 0 aliphatic heterocycles. The summed E-state index contributed by atoms with van der Waals surface area (Å²) in [5, 5.41) is 16.3. The predicted molar refractivity (Wildman–Crippen MR) is 385 cm³/mol. The second kappa shape index (κ2) is 20.6. The Morgan fingerprint density at radius 2 is 0.598 bits per heavy atom. The van der Waals surface area contributed by atoms with Crippen LogP contribution < -0.4 is 9.80 Å². The van der Waals surface area contributed by atoms with E-state index in [0.717, 1.165) is 128 Å². The zero-order chi connectivity index (χ0) is 60.4. The fourth-order valence-corrected chi connectivity index (χ4v) is 14.5. The third kappa shape index (κ3) is 8.28. The van der Waals surface area contributed by atoms with Gasteiger partial charge in [-0.1, -0.05) is 188 Å². The van der Waals surface area contributed by atoms with Gasteiger partial charge in [-0.2, -0.15) is 0 Å². The molecule has 0 amide bonds. The largest absolute Gasteiger partial charge is 0.456 e. The van der Waals surface area contributed by atoms with Crippen LogP contribution >= 0.6 is 0 Å². The minimum Gasteiger partial charge on any atom is -0.456 e. The molecule has 4 aromatic heterocycles. The van der Waals surface area contributed by atoms with Crippen molar-refractivity contribution in [3.05, 3.63) is 328 Å². The molecule has 92 heavy (non-hydrogen) atoms. The van der Waals surface area contributed by atoms with Gasteiger partial charge in [0.05, 0.1) is 22.1 Å². The van der Waals surface area contributed by atoms with Crippen molar-refractivity contribution in [3.63, 3.8) is 0 Å². The monoisotopic (exact) mass is 1170 g/mol. The van der Waals surface area contributed by atoms with Gasteiger partial charge >= 0.3 is 0 Å². The van der Waals surface area contributed by atoms with Crippen LogP contribution in [0.1, 0.15) is 0 Å². The number of anilines is 6. The highest BCUT2D eigenvalue weighted by atomic mass is 16.3. The number of nitrogens with zero attached hydrogens (tertiary/aromatic N) is 4. The van der Waals surface area contributed by atoms with Crippen LogP contribution in [0.4, 0.5) is 34.1 Å². The normalized spacial score (nSPS) is 11.9. The second-order valence-electron chi connectivity index (χ2n) is 24.1. The third-order valence-corrected chi connectivity index (χ3v) is 18.7. The average molecular weight is 1180 g/mol. The standard InChI is InChI=1S/C86H54N4O2/c1-5-19-65(20-6-1)87(69-37-33-55-47-63(31-29-57(55)49-69)81-53-61-17-13-15-27-79(61)91-81)71-39-43-73-59(51-71)35-41-75-76-45-46-78-83(86(76)90(84(73)75)68-25-11-4-12-26-68)77-42-36-60-52-72(40-44-74(60)85(77)89(78)67-23-9-3-10-24-67)88(66-21-7-2-8-22-66)70-38-34-56-48-64(32-30-58(56)50-70)82-54-62-18-14-16-28-80(62)92-82/h1-54H. The highest BCUT2D eigenvalue weighted by Crippen LogP contribution is 2.48. The second-order valence-corrected chi connectivity index (χ2v) is 24.1. The first-order chi connectivity index (χ1) is 45.6. The molecular formula is C86H54N4O2. The molecule has 6 nitrogen and oxygen atoms in total. The number of hydrogen-bond donors (Lipinski definition) is 0. The van der Waals surface area contributed by atoms with Gasteiger partial charge in [0.1, 0.15) is 22.7 Å². The lowest BCUT2D eigenvalue weighted by Crippen LogP contribution is -2.09. The van der Waals surface area contributed by atoms with Crippen LogP contribution in [0.15, 0.2) is 336 Å². The summed E-state index contributed by atoms with van der Waals surface area (Å²) in [6, 6.07) is 119. The highest BCUT2D eigenvalue weighted by Gasteiger charge is 2.25. The van der Waals surface area contributed by atoms with E-state index in [1.54, 1.807) is 0 Å². The van der Waals surface area contributed by atoms with Crippen molar-refractivity contribution in [1.82, 2.24) is 9.13 Å². The molecular weight excluding hydrogens is 1120 g/mol. The summed E-state index contributed by atoms with van der Waals surface area (Å²) >= 11 is 0. The van der Waals surface area contributed by atoms with E-state index in [1.165, 1.54) is 48.9 Å². The molecule has 0 spiro atoms. The van der Waals surface area contributed by atoms with Crippen LogP contribution in [-0.2, 0) is 0 Å². The van der Waals surface area contributed by atoms with Crippen molar-refractivity contribution in [3.8, 4) is 34.0 Å². The average Bonchev–Trinajstić information content (AvgIpc) is 1.53. The first-order valence-electron chi connectivity index (χ1n) is 31.4. The van der Waals surface area contributed by atoms with Crippen molar-refractivity contribution in [2.45, 2.75) is 0 Å². The maximum Gasteiger partial charge on any atom is 0.135 e. The first-order valence-corrected chi connectivity index (χ1v) is 31.4. The molecule has 0 saturated heterocycles. The maximum atomic E-state index is 6.30. The van der Waals surface area contributed by atoms with Crippen LogP contribution in [0, 0.1) is 0 Å². The van der Waals surface area contributed by atoms with E-state index in [0.29, 0.717) is 0 Å². The molecule has 0 aliphatic rings. The number of para-hydroxylation sites is 6. The molecule has 6 heteroatoms. The third-order valence-electron chi connectivity index (χ3n) is 18.7. The van der Waals surface area contributed by atoms with Crippen LogP contribution in [0.25, 0.3) is 143 Å². The summed E-state index contributed by atoms with van der Waals surface area (Å²) in [5.41, 5.74) is 17.2. The van der Waals surface area contributed by atoms with Crippen molar-refractivity contribution < 1.29 is 8.83 Å². The van der Waals surface area contributed by atoms with Crippen LogP contribution in [0.2, 0.25) is 0 Å². The Labute approximate surface area is 529 Å². The lowest BCUT2D eigenvalue weighted by molar-refractivity contribution is 0.631. The van der Waals surface area contributed by atoms with E-state index in [4.69, 9.17) is 8.83 Å². The Hall–Kier alpha value is -12.4. The summed E-state index contributed by atoms with van der Waals surface area (Å²) in [6.07, 6.45) is 0. The summed E-state index contributed by atoms with van der Waals surface area (Å²) < 4.78 is 17.6. The van der Waals surface area contributed by atoms with Gasteiger partial charge in [-0.05, 0) is 172 Å². The van der Waals surface area contributed by atoms with Gasteiger partial charge < -0.3 is 27.8 Å². The molecule has 0 fully saturated rings. The van der Waals surface area contributed by atoms with Gasteiger partial charge in [0, 0.05) is 99.7 Å². The van der Waals surface area contributed by atoms with Gasteiger partial charge in [-0.25, -0.2) is 0 Å². The van der Waals surface area contributed by atoms with E-state index in [9.17, 15) is 0 Å². The van der Waals surface area contributed by atoms with Crippen molar-refractivity contribution in [2.75, 3.05) is 9.80 Å². The van der Waals surface area contributed by atoms with Crippen molar-refractivity contribution in [1.29, 1.82) is 0 Å². The minimum absolute atomic E-state index is 0.867. The van der Waals surface area contributed by atoms with E-state index in [1.807, 2.05) is 24.3 Å². The summed E-state index contributed by atoms with van der Waals surface area (Å²) in [7, 11) is 0. The molecule has 0 saturated carbocycles. The minimum atomic E-state index is 0.867. The molecule has 19 rings (SSSR count). The molecule has 430 valence electrons. The first kappa shape index (κ1) is 51.6. The Kier molecular flexibility index (Phi) is 11.6. The molecule has 19 aromatic rings. The molecule has 15 aromatic carbocycles. The van der Waals surface area contributed by atoms with E-state index in [-0.39, 0.29) is 0 Å². The fraction of sp³-hybridized carbons (Fsp3) is 0. The Bertz CT molecular complexity index is 6070. The number of rotatable bonds is 10. The zero-order valence-electron chi connectivity index (χ0n) is 49.8. The number of hydrogen-bond acceptors (Lipinski definition) is 4. The fourth-order valence-electron chi connectivity index (χ4n) is 14.5. The number of aromatic nitrogens is 2. The summed E-state index contributed by atoms with van der Waals surface area (Å²) in [6.45, 7) is 0. The van der Waals surface area contributed by atoms with Crippen LogP contribution in [0.3, 0.4) is 0 Å². The van der Waals surface area contributed by atoms with Gasteiger partial charge in [0.25, 0.3) is 0 Å². The van der Waals surface area contributed by atoms with Crippen LogP contribution in [-0.4, -0.2) is 9.13 Å². The van der Waals surface area contributed by atoms with Crippen molar-refractivity contribution in [2.24, 2.45) is 0 Å². The summed E-state index contributed by atoms with van der Waals surface area (Å²) in [4.78, 5) is 4.75. The lowest BCUT2D eigenvalue weighted by atomic mass is 10.0. The van der Waals surface area contributed by atoms with Crippen molar-refractivity contribution >= 4 is 143 Å². The Balaban J connectivity index is 0.766. The zero-order valence-corrected chi connectivity index (χ0v) is 49.8. The predicted octanol–water partition coefficient (Wildman–Crippen LogP) is 24.3. The lowest BCUT2D eigenvalue weighted by Gasteiger charge is -2.26. The quantitative estimate of drug-likeness (QED) is 0.137. The molecule has 0 aliphatic carbocycles. The van der Waals surface area contributed by atoms with E-state index in [2.05, 4.69) is 322 Å². The maximum absolute atomic E-state index is 6.30.